The van der Waals surface area contributed by atoms with Gasteiger partial charge in [-0.25, -0.2) is 4.99 Å². The first-order chi connectivity index (χ1) is 13.6. The molecule has 0 aromatic carbocycles. The van der Waals surface area contributed by atoms with Crippen LogP contribution in [-0.4, -0.2) is 47.1 Å². The molecule has 0 saturated carbocycles. The predicted molar refractivity (Wildman–Crippen MR) is 109 cm³/mol. The van der Waals surface area contributed by atoms with E-state index in [1.54, 1.807) is 6.92 Å². The number of alkyl halides is 6. The van der Waals surface area contributed by atoms with Crippen molar-refractivity contribution in [3.05, 3.63) is 58.3 Å². The van der Waals surface area contributed by atoms with Crippen LogP contribution >= 0.6 is 11.8 Å². The minimum atomic E-state index is -4.60. The summed E-state index contributed by atoms with van der Waals surface area (Å²) in [4.78, 5) is 4.82. The van der Waals surface area contributed by atoms with Crippen LogP contribution in [0.1, 0.15) is 27.2 Å². The average molecular weight is 454 g/mol. The van der Waals surface area contributed by atoms with Crippen LogP contribution in [0.2, 0.25) is 0 Å². The summed E-state index contributed by atoms with van der Waals surface area (Å²) in [6.45, 7) is 12.1. The molecular weight excluding hydrogens is 430 g/mol. The Morgan fingerprint density at radius 2 is 1.83 bits per heavy atom. The van der Waals surface area contributed by atoms with Gasteiger partial charge in [0.2, 0.25) is 5.90 Å². The lowest BCUT2D eigenvalue weighted by Crippen LogP contribution is -2.35. The van der Waals surface area contributed by atoms with Gasteiger partial charge in [0.15, 0.2) is 6.04 Å². The molecule has 0 aromatic rings. The summed E-state index contributed by atoms with van der Waals surface area (Å²) in [6.07, 6.45) is -7.73. The van der Waals surface area contributed by atoms with Gasteiger partial charge in [-0.3, -0.25) is 0 Å². The van der Waals surface area contributed by atoms with E-state index in [2.05, 4.69) is 18.2 Å². The molecule has 1 aliphatic heterocycles. The number of halogens is 6. The molecule has 3 nitrogen and oxygen atoms in total. The molecule has 0 spiro atoms. The molecule has 168 valence electrons. The highest BCUT2D eigenvalue weighted by molar-refractivity contribution is 8.03. The highest BCUT2D eigenvalue weighted by atomic mass is 32.2. The lowest BCUT2D eigenvalue weighted by molar-refractivity contribution is -0.147. The Morgan fingerprint density at radius 1 is 1.27 bits per heavy atom. The zero-order chi connectivity index (χ0) is 23.4. The van der Waals surface area contributed by atoms with Crippen molar-refractivity contribution in [2.75, 3.05) is 12.8 Å². The summed E-state index contributed by atoms with van der Waals surface area (Å²) in [7, 11) is 1.43. The van der Waals surface area contributed by atoms with Crippen molar-refractivity contribution in [2.45, 2.75) is 45.6 Å². The second-order valence-electron chi connectivity index (χ2n) is 6.51. The van der Waals surface area contributed by atoms with Gasteiger partial charge < -0.3 is 10.0 Å². The first-order valence-electron chi connectivity index (χ1n) is 8.88. The fourth-order valence-electron chi connectivity index (χ4n) is 2.78. The number of aliphatic imine (C=N–C) groups is 1. The standard InChI is InChI=1S/C20H24F6N2OS/c1-7-14(19(21,22)23)10-15(30-8-2)12(4)13(5)28(6)17-11(3)9-16(20(24,25)26)27-18(17)29/h7,10,16H,4-5,8-9H2,1-3,6H3,(H,27,29)/b14-7+,15-10+. The fourth-order valence-corrected chi connectivity index (χ4v) is 3.59. The second kappa shape index (κ2) is 9.80. The molecule has 1 heterocycles. The van der Waals surface area contributed by atoms with Gasteiger partial charge in [0.25, 0.3) is 0 Å². The molecule has 1 unspecified atom stereocenters. The van der Waals surface area contributed by atoms with E-state index in [9.17, 15) is 31.4 Å². The summed E-state index contributed by atoms with van der Waals surface area (Å²) >= 11 is 1.12. The van der Waals surface area contributed by atoms with E-state index in [0.717, 1.165) is 23.9 Å². The number of nitrogens with zero attached hydrogens (tertiary/aromatic N) is 2. The summed E-state index contributed by atoms with van der Waals surface area (Å²) in [5.41, 5.74) is -0.343. The number of likely N-dealkylation sites (N-methyl/N-ethyl adjacent to an activating group) is 1. The van der Waals surface area contributed by atoms with Gasteiger partial charge in [-0.1, -0.05) is 26.2 Å². The SMILES string of the molecule is C=C(C(=C)N(C)C1=C(C)CC(C(F)(F)F)N=C1O)/C(=C\C(=C/C)C(F)(F)F)SCC. The molecule has 0 saturated heterocycles. The number of allylic oxidation sites excluding steroid dienone is 4. The Kier molecular flexibility index (Phi) is 8.48. The van der Waals surface area contributed by atoms with E-state index in [1.165, 1.54) is 25.8 Å². The van der Waals surface area contributed by atoms with Crippen LogP contribution in [0.25, 0.3) is 0 Å². The van der Waals surface area contributed by atoms with Crippen molar-refractivity contribution in [3.8, 4) is 0 Å². The summed E-state index contributed by atoms with van der Waals surface area (Å²) in [5, 5.41) is 10.1. The van der Waals surface area contributed by atoms with Crippen LogP contribution in [0.3, 0.4) is 0 Å². The Hall–Kier alpha value is -2.10. The zero-order valence-corrected chi connectivity index (χ0v) is 17.9. The first kappa shape index (κ1) is 25.9. The molecule has 0 bridgehead atoms. The highest BCUT2D eigenvalue weighted by Crippen LogP contribution is 2.37. The minimum Gasteiger partial charge on any atom is -0.492 e. The van der Waals surface area contributed by atoms with Gasteiger partial charge in [0.1, 0.15) is 5.70 Å². The predicted octanol–water partition coefficient (Wildman–Crippen LogP) is 6.70. The number of hydrogen-bond acceptors (Lipinski definition) is 3. The number of dihydropyridines is 1. The summed E-state index contributed by atoms with van der Waals surface area (Å²) < 4.78 is 78.3. The Labute approximate surface area is 176 Å². The van der Waals surface area contributed by atoms with E-state index in [4.69, 9.17) is 0 Å². The van der Waals surface area contributed by atoms with Crippen LogP contribution in [0.4, 0.5) is 26.3 Å². The summed E-state index contributed by atoms with van der Waals surface area (Å²) in [6, 6.07) is -2.05. The van der Waals surface area contributed by atoms with Gasteiger partial charge in [-0.15, -0.1) is 11.8 Å². The van der Waals surface area contributed by atoms with Gasteiger partial charge in [0, 0.05) is 29.6 Å². The van der Waals surface area contributed by atoms with E-state index < -0.39 is 36.3 Å². The maximum Gasteiger partial charge on any atom is 0.416 e. The number of aliphatic hydroxyl groups is 1. The van der Waals surface area contributed by atoms with Crippen LogP contribution in [0.15, 0.2) is 63.3 Å². The number of aliphatic hydroxyl groups excluding tert-OH is 1. The van der Waals surface area contributed by atoms with Crippen molar-refractivity contribution >= 4 is 17.7 Å². The third-order valence-corrected chi connectivity index (χ3v) is 5.35. The van der Waals surface area contributed by atoms with Crippen molar-refractivity contribution < 1.29 is 31.4 Å². The Morgan fingerprint density at radius 3 is 2.23 bits per heavy atom. The lowest BCUT2D eigenvalue weighted by atomic mass is 10.0. The third kappa shape index (κ3) is 6.20. The molecule has 1 rings (SSSR count). The molecule has 10 heteroatoms. The van der Waals surface area contributed by atoms with Crippen molar-refractivity contribution in [2.24, 2.45) is 4.99 Å². The number of rotatable bonds is 7. The second-order valence-corrected chi connectivity index (χ2v) is 7.82. The van der Waals surface area contributed by atoms with Gasteiger partial charge in [-0.05, 0) is 31.2 Å². The third-order valence-electron chi connectivity index (χ3n) is 4.38. The molecule has 0 fully saturated rings. The number of hydrogen-bond donors (Lipinski definition) is 1. The monoisotopic (exact) mass is 454 g/mol. The first-order valence-corrected chi connectivity index (χ1v) is 9.87. The quantitative estimate of drug-likeness (QED) is 0.344. The molecule has 1 aliphatic rings. The van der Waals surface area contributed by atoms with Crippen LogP contribution in [0.5, 0.6) is 0 Å². The van der Waals surface area contributed by atoms with Crippen LogP contribution in [-0.2, 0) is 0 Å². The van der Waals surface area contributed by atoms with Crippen molar-refractivity contribution in [1.29, 1.82) is 0 Å². The van der Waals surface area contributed by atoms with Crippen LogP contribution < -0.4 is 0 Å². The summed E-state index contributed by atoms with van der Waals surface area (Å²) in [5.74, 6) is -0.353. The topological polar surface area (TPSA) is 35.8 Å². The van der Waals surface area contributed by atoms with E-state index in [-0.39, 0.29) is 27.4 Å². The zero-order valence-electron chi connectivity index (χ0n) is 17.1. The van der Waals surface area contributed by atoms with Gasteiger partial charge >= 0.3 is 12.4 Å². The Bertz CT molecular complexity index is 818. The molecule has 0 radical (unpaired) electrons. The molecule has 1 N–H and O–H groups in total. The molecule has 0 amide bonds. The molecular formula is C20H24F6N2OS. The highest BCUT2D eigenvalue weighted by Gasteiger charge is 2.43. The minimum absolute atomic E-state index is 0.0181. The smallest absolute Gasteiger partial charge is 0.416 e. The Balaban J connectivity index is 3.25. The van der Waals surface area contributed by atoms with Crippen molar-refractivity contribution in [3.63, 3.8) is 0 Å². The van der Waals surface area contributed by atoms with Gasteiger partial charge in [0.05, 0.1) is 5.57 Å². The largest absolute Gasteiger partial charge is 0.492 e. The average Bonchev–Trinajstić information content (AvgIpc) is 2.61. The maximum absolute atomic E-state index is 13.1. The molecule has 0 aromatic heterocycles. The number of thioether (sulfide) groups is 1. The molecule has 0 aliphatic carbocycles. The van der Waals surface area contributed by atoms with Gasteiger partial charge in [-0.2, -0.15) is 26.3 Å². The van der Waals surface area contributed by atoms with E-state index in [1.807, 2.05) is 0 Å². The molecule has 30 heavy (non-hydrogen) atoms. The molecule has 1 atom stereocenters. The maximum atomic E-state index is 13.1. The van der Waals surface area contributed by atoms with Crippen LogP contribution in [0, 0.1) is 0 Å². The lowest BCUT2D eigenvalue weighted by Gasteiger charge is -2.31. The van der Waals surface area contributed by atoms with Crippen molar-refractivity contribution in [1.82, 2.24) is 4.90 Å². The van der Waals surface area contributed by atoms with E-state index in [0.29, 0.717) is 5.75 Å². The normalized spacial score (nSPS) is 19.0. The fraction of sp³-hybridized carbons (Fsp3) is 0.450. The van der Waals surface area contributed by atoms with E-state index >= 15 is 0 Å².